The van der Waals surface area contributed by atoms with Crippen LogP contribution in [0.4, 0.5) is 5.69 Å². The first kappa shape index (κ1) is 17.2. The number of rotatable bonds is 4. The summed E-state index contributed by atoms with van der Waals surface area (Å²) in [5.41, 5.74) is 3.69. The number of nitrogens with zero attached hydrogens (tertiary/aromatic N) is 3. The van der Waals surface area contributed by atoms with E-state index in [-0.39, 0.29) is 12.0 Å². The first-order chi connectivity index (χ1) is 12.7. The summed E-state index contributed by atoms with van der Waals surface area (Å²) in [7, 11) is 0. The molecule has 136 valence electrons. The van der Waals surface area contributed by atoms with Crippen molar-refractivity contribution in [2.24, 2.45) is 4.99 Å². The predicted molar refractivity (Wildman–Crippen MR) is 106 cm³/mol. The minimum Gasteiger partial charge on any atom is -0.463 e. The lowest BCUT2D eigenvalue weighted by atomic mass is 9.94. The largest absolute Gasteiger partial charge is 0.463 e. The highest BCUT2D eigenvalue weighted by molar-refractivity contribution is 8.16. The Bertz CT molecular complexity index is 792. The number of benzene rings is 1. The fraction of sp³-hybridized carbons (Fsp3) is 0.400. The summed E-state index contributed by atoms with van der Waals surface area (Å²) in [4.78, 5) is 21.7. The Kier molecular flexibility index (Phi) is 4.76. The zero-order valence-electron chi connectivity index (χ0n) is 15.1. The minimum atomic E-state index is -0.285. The number of ether oxygens (including phenoxy) is 1. The number of carbonyl (C=O) groups excluding carboxylic acids is 1. The molecule has 3 aliphatic rings. The third-order valence-electron chi connectivity index (χ3n) is 5.00. The van der Waals surface area contributed by atoms with E-state index in [2.05, 4.69) is 39.1 Å². The van der Waals surface area contributed by atoms with Gasteiger partial charge in [-0.3, -0.25) is 0 Å². The van der Waals surface area contributed by atoms with Gasteiger partial charge in [-0.15, -0.1) is 0 Å². The zero-order chi connectivity index (χ0) is 18.1. The van der Waals surface area contributed by atoms with E-state index in [4.69, 9.17) is 4.74 Å². The van der Waals surface area contributed by atoms with Crippen molar-refractivity contribution in [1.82, 2.24) is 4.90 Å². The molecule has 5 nitrogen and oxygen atoms in total. The lowest BCUT2D eigenvalue weighted by Gasteiger charge is -2.33. The Balaban J connectivity index is 1.70. The van der Waals surface area contributed by atoms with E-state index >= 15 is 0 Å². The molecule has 3 aliphatic heterocycles. The Morgan fingerprint density at radius 3 is 2.69 bits per heavy atom. The topological polar surface area (TPSA) is 45.1 Å². The molecule has 0 radical (unpaired) electrons. The summed E-state index contributed by atoms with van der Waals surface area (Å²) < 4.78 is 5.33. The number of allylic oxidation sites excluding steroid dienone is 1. The molecule has 1 aromatic rings. The molecule has 0 aromatic heterocycles. The molecule has 4 rings (SSSR count). The molecule has 0 aliphatic carbocycles. The van der Waals surface area contributed by atoms with Crippen molar-refractivity contribution in [3.8, 4) is 0 Å². The van der Waals surface area contributed by atoms with E-state index in [1.807, 2.05) is 25.5 Å². The summed E-state index contributed by atoms with van der Waals surface area (Å²) in [6.07, 6.45) is 4.51. The smallest absolute Gasteiger partial charge is 0.338 e. The van der Waals surface area contributed by atoms with Crippen LogP contribution >= 0.6 is 11.8 Å². The standard InChI is InChI=1S/C20H23N3O2S/c1-3-25-19(24)17-14(2)21-20-23(12-13-26-20)18(17)15-6-8-16(9-7-15)22-10-4-5-11-22/h6-9,12-13,18H,3-5,10-11H2,1-2H3/t18-/m1/s1. The van der Waals surface area contributed by atoms with Gasteiger partial charge in [0.1, 0.15) is 0 Å². The van der Waals surface area contributed by atoms with Crippen molar-refractivity contribution >= 4 is 28.6 Å². The van der Waals surface area contributed by atoms with E-state index in [1.54, 1.807) is 11.8 Å². The van der Waals surface area contributed by atoms with Gasteiger partial charge in [0.05, 0.1) is 23.9 Å². The van der Waals surface area contributed by atoms with Crippen molar-refractivity contribution in [3.63, 3.8) is 0 Å². The Morgan fingerprint density at radius 1 is 1.27 bits per heavy atom. The van der Waals surface area contributed by atoms with Gasteiger partial charge in [-0.2, -0.15) is 0 Å². The fourth-order valence-electron chi connectivity index (χ4n) is 3.74. The number of anilines is 1. The third kappa shape index (κ3) is 3.03. The molecule has 1 saturated heterocycles. The van der Waals surface area contributed by atoms with Crippen LogP contribution in [0.2, 0.25) is 0 Å². The zero-order valence-corrected chi connectivity index (χ0v) is 16.0. The summed E-state index contributed by atoms with van der Waals surface area (Å²) >= 11 is 1.58. The summed E-state index contributed by atoms with van der Waals surface area (Å²) in [5.74, 6) is -0.285. The summed E-state index contributed by atoms with van der Waals surface area (Å²) in [5, 5.41) is 2.91. The van der Waals surface area contributed by atoms with Crippen LogP contribution in [0.5, 0.6) is 0 Å². The molecular weight excluding hydrogens is 346 g/mol. The van der Waals surface area contributed by atoms with E-state index < -0.39 is 0 Å². The summed E-state index contributed by atoms with van der Waals surface area (Å²) in [6, 6.07) is 8.39. The van der Waals surface area contributed by atoms with Gasteiger partial charge in [0, 0.05) is 25.0 Å². The quantitative estimate of drug-likeness (QED) is 0.749. The van der Waals surface area contributed by atoms with Crippen LogP contribution in [0.25, 0.3) is 0 Å². The van der Waals surface area contributed by atoms with Gasteiger partial charge in [0.2, 0.25) is 0 Å². The number of amidine groups is 1. The van der Waals surface area contributed by atoms with Crippen molar-refractivity contribution in [2.45, 2.75) is 32.7 Å². The van der Waals surface area contributed by atoms with Gasteiger partial charge in [-0.25, -0.2) is 9.79 Å². The first-order valence-corrected chi connectivity index (χ1v) is 10.00. The number of aliphatic imine (C=N–C) groups is 1. The molecule has 0 N–H and O–H groups in total. The number of esters is 1. The monoisotopic (exact) mass is 369 g/mol. The molecule has 0 spiro atoms. The van der Waals surface area contributed by atoms with E-state index in [1.165, 1.54) is 18.5 Å². The average molecular weight is 369 g/mol. The highest BCUT2D eigenvalue weighted by Crippen LogP contribution is 2.41. The van der Waals surface area contributed by atoms with Crippen LogP contribution in [0.15, 0.2) is 52.1 Å². The molecule has 1 atom stereocenters. The highest BCUT2D eigenvalue weighted by Gasteiger charge is 2.37. The lowest BCUT2D eigenvalue weighted by molar-refractivity contribution is -0.139. The first-order valence-electron chi connectivity index (χ1n) is 9.12. The fourth-order valence-corrected chi connectivity index (χ4v) is 4.53. The Labute approximate surface area is 158 Å². The number of carbonyl (C=O) groups is 1. The van der Waals surface area contributed by atoms with Gasteiger partial charge in [0.15, 0.2) is 5.17 Å². The second kappa shape index (κ2) is 7.19. The molecule has 1 fully saturated rings. The van der Waals surface area contributed by atoms with Crippen LogP contribution in [0, 0.1) is 0 Å². The van der Waals surface area contributed by atoms with E-state index in [9.17, 15) is 4.79 Å². The van der Waals surface area contributed by atoms with Crippen LogP contribution in [0.1, 0.15) is 38.3 Å². The lowest BCUT2D eigenvalue weighted by Crippen LogP contribution is -2.34. The molecule has 3 heterocycles. The Hall–Kier alpha value is -2.21. The molecule has 0 amide bonds. The maximum atomic E-state index is 12.6. The van der Waals surface area contributed by atoms with Crippen molar-refractivity contribution in [3.05, 3.63) is 52.7 Å². The molecule has 1 aromatic carbocycles. The molecule has 0 bridgehead atoms. The molecule has 0 unspecified atom stereocenters. The second-order valence-corrected chi connectivity index (χ2v) is 7.49. The van der Waals surface area contributed by atoms with Crippen LogP contribution < -0.4 is 4.90 Å². The SMILES string of the molecule is CCOC(=O)C1=C(C)N=C2SC=CN2[C@@H]1c1ccc(N2CCCC2)cc1. The van der Waals surface area contributed by atoms with Crippen LogP contribution in [-0.2, 0) is 9.53 Å². The maximum absolute atomic E-state index is 12.6. The Morgan fingerprint density at radius 2 is 2.00 bits per heavy atom. The van der Waals surface area contributed by atoms with Crippen molar-refractivity contribution < 1.29 is 9.53 Å². The van der Waals surface area contributed by atoms with Crippen LogP contribution in [0.3, 0.4) is 0 Å². The minimum absolute atomic E-state index is 0.194. The van der Waals surface area contributed by atoms with Gasteiger partial charge in [0.25, 0.3) is 0 Å². The van der Waals surface area contributed by atoms with Crippen LogP contribution in [-0.4, -0.2) is 35.7 Å². The van der Waals surface area contributed by atoms with Gasteiger partial charge < -0.3 is 14.5 Å². The molecule has 26 heavy (non-hydrogen) atoms. The van der Waals surface area contributed by atoms with Crippen molar-refractivity contribution in [2.75, 3.05) is 24.6 Å². The summed E-state index contributed by atoms with van der Waals surface area (Å²) in [6.45, 7) is 6.32. The van der Waals surface area contributed by atoms with Gasteiger partial charge >= 0.3 is 5.97 Å². The number of hydrogen-bond acceptors (Lipinski definition) is 6. The number of thioether (sulfide) groups is 1. The molecular formula is C20H23N3O2S. The van der Waals surface area contributed by atoms with Crippen molar-refractivity contribution in [1.29, 1.82) is 0 Å². The predicted octanol–water partition coefficient (Wildman–Crippen LogP) is 4.05. The van der Waals surface area contributed by atoms with Gasteiger partial charge in [-0.05, 0) is 49.8 Å². The van der Waals surface area contributed by atoms with E-state index in [0.717, 1.165) is 29.5 Å². The number of fused-ring (bicyclic) bond motifs is 1. The van der Waals surface area contributed by atoms with E-state index in [0.29, 0.717) is 12.2 Å². The molecule has 0 saturated carbocycles. The van der Waals surface area contributed by atoms with Gasteiger partial charge in [-0.1, -0.05) is 23.9 Å². The third-order valence-corrected chi connectivity index (χ3v) is 5.77. The number of hydrogen-bond donors (Lipinski definition) is 0. The normalized spacial score (nSPS) is 21.9. The average Bonchev–Trinajstić information content (AvgIpc) is 3.32. The second-order valence-electron chi connectivity index (χ2n) is 6.61. The highest BCUT2D eigenvalue weighted by atomic mass is 32.2. The molecule has 6 heteroatoms. The maximum Gasteiger partial charge on any atom is 0.338 e.